The lowest BCUT2D eigenvalue weighted by molar-refractivity contribution is -0.157. The Kier molecular flexibility index (Phi) is 20.9. The number of nitrogens with zero attached hydrogens (tertiary/aromatic N) is 3. The molecule has 3 saturated heterocycles. The van der Waals surface area contributed by atoms with Crippen molar-refractivity contribution in [3.63, 3.8) is 0 Å². The van der Waals surface area contributed by atoms with E-state index in [-0.39, 0.29) is 0 Å². The van der Waals surface area contributed by atoms with Crippen LogP contribution in [0.3, 0.4) is 0 Å². The van der Waals surface area contributed by atoms with Crippen molar-refractivity contribution in [2.45, 2.75) is 483 Å². The van der Waals surface area contributed by atoms with E-state index >= 15 is 0 Å². The summed E-state index contributed by atoms with van der Waals surface area (Å²) < 4.78 is 0. The second kappa shape index (κ2) is 31.1. The van der Waals surface area contributed by atoms with E-state index in [9.17, 15) is 0 Å². The highest BCUT2D eigenvalue weighted by Gasteiger charge is 2.71. The van der Waals surface area contributed by atoms with Gasteiger partial charge in [0.05, 0.1) is 0 Å². The maximum Gasteiger partial charge on any atom is 0.156 e. The summed E-state index contributed by atoms with van der Waals surface area (Å²) in [5, 5.41) is 0. The van der Waals surface area contributed by atoms with E-state index in [1.807, 2.05) is 0 Å². The Morgan fingerprint density at radius 2 is 0.445 bits per heavy atom. The highest BCUT2D eigenvalue weighted by molar-refractivity contribution is 6.65. The lowest BCUT2D eigenvalue weighted by atomic mass is 9.18. The van der Waals surface area contributed by atoms with Crippen LogP contribution in [-0.2, 0) is 0 Å². The van der Waals surface area contributed by atoms with Crippen LogP contribution >= 0.6 is 0 Å². The molecule has 0 aromatic heterocycles. The highest BCUT2D eigenvalue weighted by Crippen LogP contribution is 2.73. The van der Waals surface area contributed by atoms with Crippen molar-refractivity contribution in [3.05, 3.63) is 0 Å². The summed E-state index contributed by atoms with van der Waals surface area (Å²) in [5.41, 5.74) is 0. The van der Waals surface area contributed by atoms with Crippen LogP contribution in [0.1, 0.15) is 411 Å². The monoisotopic (exact) mass is 1500 g/mol. The molecule has 110 heavy (non-hydrogen) atoms. The first-order chi connectivity index (χ1) is 54.6. The van der Waals surface area contributed by atoms with Gasteiger partial charge in [-0.15, -0.1) is 0 Å². The molecule has 24 aliphatic rings. The Balaban J connectivity index is 0.673. The van der Waals surface area contributed by atoms with Crippen LogP contribution in [0.5, 0.6) is 0 Å². The van der Waals surface area contributed by atoms with Crippen LogP contribution in [0, 0.1) is 178 Å². The first kappa shape index (κ1) is 73.8. The van der Waals surface area contributed by atoms with Gasteiger partial charge in [0.1, 0.15) is 0 Å². The summed E-state index contributed by atoms with van der Waals surface area (Å²) in [6, 6.07) is 7.92. The van der Waals surface area contributed by atoms with Crippen LogP contribution < -0.4 is 0 Å². The smallest absolute Gasteiger partial charge is 0.156 e. The third-order valence-electron chi connectivity index (χ3n) is 46.3. The molecule has 0 radical (unpaired) electrons. The van der Waals surface area contributed by atoms with E-state index in [1.165, 1.54) is 0 Å². The van der Waals surface area contributed by atoms with Gasteiger partial charge in [-0.2, -0.15) is 0 Å². The molecule has 34 unspecified atom stereocenters. The van der Waals surface area contributed by atoms with Crippen molar-refractivity contribution in [1.82, 2.24) is 14.7 Å². The van der Waals surface area contributed by atoms with Crippen LogP contribution in [0.25, 0.3) is 0 Å². The molecule has 0 aromatic carbocycles. The fourth-order valence-electron chi connectivity index (χ4n) is 43.8. The summed E-state index contributed by atoms with van der Waals surface area (Å²) in [7, 11) is 0. The molecular weight excluding hydrogens is 1330 g/mol. The van der Waals surface area contributed by atoms with Gasteiger partial charge in [0.2, 0.25) is 0 Å². The van der Waals surface area contributed by atoms with Crippen molar-refractivity contribution in [3.8, 4) is 0 Å². The Hall–Kier alpha value is -0.0551. The average molecular weight is 1500 g/mol. The Morgan fingerprint density at radius 1 is 0.155 bits per heavy atom. The van der Waals surface area contributed by atoms with E-state index in [4.69, 9.17) is 0 Å². The van der Waals surface area contributed by atoms with E-state index < -0.39 is 0 Å². The molecule has 21 saturated carbocycles. The lowest BCUT2D eigenvalue weighted by Gasteiger charge is -2.72. The van der Waals surface area contributed by atoms with Gasteiger partial charge in [-0.05, 0) is 336 Å². The van der Waals surface area contributed by atoms with Crippen LogP contribution in [0.4, 0.5) is 0 Å². The van der Waals surface area contributed by atoms with Gasteiger partial charge in [0.15, 0.2) is 6.71 Å². The minimum atomic E-state index is 0.833. The van der Waals surface area contributed by atoms with Gasteiger partial charge in [-0.1, -0.05) is 270 Å². The van der Waals surface area contributed by atoms with Gasteiger partial charge >= 0.3 is 0 Å². The lowest BCUT2D eigenvalue weighted by Crippen LogP contribution is -2.78. The maximum absolute atomic E-state index is 4.08. The molecule has 34 atom stereocenters. The van der Waals surface area contributed by atoms with Crippen LogP contribution in [-0.4, -0.2) is 75.8 Å². The molecule has 21 aliphatic carbocycles. The highest BCUT2D eigenvalue weighted by atomic mass is 15.3. The Labute approximate surface area is 677 Å². The number of fused-ring (bicyclic) bond motifs is 11. The molecule has 0 spiro atoms. The van der Waals surface area contributed by atoms with Gasteiger partial charge in [0, 0.05) is 54.4 Å². The first-order valence-corrected chi connectivity index (χ1v) is 53.9. The van der Waals surface area contributed by atoms with Gasteiger partial charge in [-0.3, -0.25) is 14.7 Å². The minimum absolute atomic E-state index is 0.833. The third-order valence-corrected chi connectivity index (χ3v) is 46.3. The molecular formula is C106H170BN3. The first-order valence-electron chi connectivity index (χ1n) is 53.9. The predicted molar refractivity (Wildman–Crippen MR) is 457 cm³/mol. The molecule has 3 heterocycles. The average Bonchev–Trinajstić information content (AvgIpc) is 0.791. The van der Waals surface area contributed by atoms with Crippen molar-refractivity contribution < 1.29 is 0 Å². The molecule has 612 valence electrons. The second-order valence-corrected chi connectivity index (χ2v) is 49.2. The molecule has 3 aliphatic heterocycles. The van der Waals surface area contributed by atoms with Crippen LogP contribution in [0.2, 0.25) is 17.5 Å². The zero-order valence-corrected chi connectivity index (χ0v) is 71.4. The van der Waals surface area contributed by atoms with E-state index in [1.54, 1.807) is 411 Å². The summed E-state index contributed by atoms with van der Waals surface area (Å²) in [4.78, 5) is 11.9. The zero-order chi connectivity index (χ0) is 71.8. The van der Waals surface area contributed by atoms with E-state index in [0.29, 0.717) is 0 Å². The molecule has 24 rings (SSSR count). The molecule has 0 aromatic rings. The van der Waals surface area contributed by atoms with E-state index in [2.05, 4.69) is 14.7 Å². The van der Waals surface area contributed by atoms with Gasteiger partial charge in [-0.25, -0.2) is 0 Å². The summed E-state index contributed by atoms with van der Waals surface area (Å²) >= 11 is 0. The molecule has 0 N–H and O–H groups in total. The molecule has 0 amide bonds. The van der Waals surface area contributed by atoms with Gasteiger partial charge in [0.25, 0.3) is 0 Å². The summed E-state index contributed by atoms with van der Waals surface area (Å²) in [6.07, 6.45) is 103. The predicted octanol–water partition coefficient (Wildman–Crippen LogP) is 27.6. The maximum atomic E-state index is 4.08. The van der Waals surface area contributed by atoms with Crippen molar-refractivity contribution in [2.75, 3.05) is 0 Å². The number of hydrogen-bond acceptors (Lipinski definition) is 3. The van der Waals surface area contributed by atoms with Crippen molar-refractivity contribution in [2.24, 2.45) is 178 Å². The fourth-order valence-corrected chi connectivity index (χ4v) is 43.8. The largest absolute Gasteiger partial charge is 0.295 e. The standard InChI is InChI=1S/C106H170BN3/c1-5-25-65(26-6-1)78-41-23-42-79(66-27-7-2-8-28-66)105(78)109-96-61-71(75-57-73-37-21-47-86-84-45-17-33-69-35-19-49-88(100(69)84)90(59-75)102(73)86)53-55-92(96)107-93-56-54-72(76-58-74-38-22-48-87-85-46-18-34-70-36-20-50-89(101(70)85)91(60-76)103(74)87)62-97(93)110(106-80(67-29-9-3-10-30-67)43-24-44-81(106)68-31-11-4-12-32-68)99-64-77(63-98(109)104(99)107)108-94-51-15-13-39-82(94)83-40-14-16-52-95(83)108/h65-106H,1-64H2. The number of likely N-dealkylation sites (tertiary alicyclic amines) is 1. The SMILES string of the molecule is C1CCC(C2CCCC(C3CCCCC3)C2N2C3CC(C4CC5CCCC6C7CCCC8CCCC(C(C4)C56)C87)CCC3B3C4CCC(C5CC6CCCC7C8CCCC9CCCC(C(C5)C67)C98)CC4N(C4C(C5CCCCC5)CCCC4C4CCCCC4)C4CC(N5C6CCCCC6C6CCCCC65)CC2C34)CC1. The van der Waals surface area contributed by atoms with E-state index in [0.717, 1.165) is 256 Å². The second-order valence-electron chi connectivity index (χ2n) is 49.2. The van der Waals surface area contributed by atoms with Gasteiger partial charge < -0.3 is 0 Å². The molecule has 0 bridgehead atoms. The Morgan fingerprint density at radius 3 is 0.818 bits per heavy atom. The fraction of sp³-hybridized carbons (Fsp3) is 1.00. The third kappa shape index (κ3) is 12.4. The molecule has 3 nitrogen and oxygen atoms in total. The molecule has 4 heteroatoms. The normalized spacial score (nSPS) is 55.0. The number of rotatable bonds is 9. The topological polar surface area (TPSA) is 9.72 Å². The summed E-state index contributed by atoms with van der Waals surface area (Å²) in [6.45, 7) is 1.01. The Bertz CT molecular complexity index is 2840. The zero-order valence-electron chi connectivity index (χ0n) is 71.4. The minimum Gasteiger partial charge on any atom is -0.295 e. The molecule has 24 fully saturated rings. The quantitative estimate of drug-likeness (QED) is 0.213. The van der Waals surface area contributed by atoms with Crippen molar-refractivity contribution >= 4 is 6.71 Å². The summed E-state index contributed by atoms with van der Waals surface area (Å²) in [5.74, 6) is 35.0. The van der Waals surface area contributed by atoms with Crippen LogP contribution in [0.15, 0.2) is 0 Å². The van der Waals surface area contributed by atoms with Crippen molar-refractivity contribution in [1.29, 1.82) is 0 Å². The number of hydrogen-bond donors (Lipinski definition) is 0.